The summed E-state index contributed by atoms with van der Waals surface area (Å²) in [6.07, 6.45) is 3.04. The van der Waals surface area contributed by atoms with Crippen LogP contribution in [0, 0.1) is 12.3 Å². The lowest BCUT2D eigenvalue weighted by molar-refractivity contribution is -0.138. The first-order valence-electron chi connectivity index (χ1n) is 14.0. The molecule has 2 heterocycles. The van der Waals surface area contributed by atoms with Crippen molar-refractivity contribution < 1.29 is 24.2 Å². The molecule has 1 saturated heterocycles. The number of aromatic nitrogens is 3. The van der Waals surface area contributed by atoms with Crippen LogP contribution in [0.5, 0.6) is 0 Å². The minimum atomic E-state index is -1.25. The summed E-state index contributed by atoms with van der Waals surface area (Å²) in [5, 5.41) is 14.8. The topological polar surface area (TPSA) is 179 Å². The van der Waals surface area contributed by atoms with E-state index in [-0.39, 0.29) is 37.7 Å². The molecule has 1 aromatic rings. The minimum Gasteiger partial charge on any atom is -0.396 e. The summed E-state index contributed by atoms with van der Waals surface area (Å²) in [5.41, 5.74) is 10.0. The molecule has 40 heavy (non-hydrogen) atoms. The van der Waals surface area contributed by atoms with Crippen LogP contribution in [0.25, 0.3) is 0 Å². The number of rotatable bonds is 12. The first kappa shape index (κ1) is 31.6. The van der Waals surface area contributed by atoms with Gasteiger partial charge in [-0.05, 0) is 45.1 Å². The summed E-state index contributed by atoms with van der Waals surface area (Å²) >= 11 is 0. The van der Waals surface area contributed by atoms with E-state index in [1.807, 2.05) is 6.92 Å². The van der Waals surface area contributed by atoms with E-state index in [1.165, 1.54) is 4.68 Å². The predicted octanol–water partition coefficient (Wildman–Crippen LogP) is 1.31. The number of aryl methyl sites for hydroxylation is 1. The highest BCUT2D eigenvalue weighted by molar-refractivity contribution is 6.76. The average molecular weight is 580 g/mol. The number of nitrogens with two attached hydrogens (primary N) is 2. The minimum absolute atomic E-state index is 0.0674. The lowest BCUT2D eigenvalue weighted by Gasteiger charge is -2.44. The lowest BCUT2D eigenvalue weighted by atomic mass is 9.72. The number of carbonyl (C=O) groups excluding carboxylic acids is 3. The van der Waals surface area contributed by atoms with Crippen LogP contribution in [0.1, 0.15) is 51.3 Å². The standard InChI is InChI=1S/C26H45N7O6Si/c1-6-7-12-30-22(35)20(21(27)28)23(36)33(25(30)38)19-8-10-26(16-34,11-9-19)15-31-18(2)29-32(24(31)37)17-39-13-14-40(3,4)5/h19,34H,6-17,27-28H2,1-5H3. The Kier molecular flexibility index (Phi) is 10.0. The third-order valence-corrected chi connectivity index (χ3v) is 9.58. The van der Waals surface area contributed by atoms with E-state index in [0.29, 0.717) is 44.5 Å². The summed E-state index contributed by atoms with van der Waals surface area (Å²) in [5.74, 6) is -1.44. The highest BCUT2D eigenvalue weighted by atomic mass is 28.3. The molecule has 0 radical (unpaired) electrons. The van der Waals surface area contributed by atoms with Crippen LogP contribution in [0.3, 0.4) is 0 Å². The maximum Gasteiger partial charge on any atom is 0.348 e. The molecule has 224 valence electrons. The van der Waals surface area contributed by atoms with E-state index in [0.717, 1.165) is 22.3 Å². The fourth-order valence-electron chi connectivity index (χ4n) is 5.25. The molecule has 14 heteroatoms. The van der Waals surface area contributed by atoms with Crippen molar-refractivity contribution in [3.63, 3.8) is 0 Å². The summed E-state index contributed by atoms with van der Waals surface area (Å²) in [6.45, 7) is 11.3. The average Bonchev–Trinajstić information content (AvgIpc) is 3.14. The van der Waals surface area contributed by atoms with Crippen molar-refractivity contribution in [1.82, 2.24) is 24.1 Å². The van der Waals surface area contributed by atoms with Crippen molar-refractivity contribution >= 4 is 25.9 Å². The van der Waals surface area contributed by atoms with E-state index in [4.69, 9.17) is 16.2 Å². The zero-order valence-electron chi connectivity index (χ0n) is 24.4. The Morgan fingerprint density at radius 2 is 1.77 bits per heavy atom. The SMILES string of the molecule is CCCCN1C(=O)C(=C(N)N)C(=O)N(C2CCC(CO)(Cn3c(C)nn(COCC[Si](C)(C)C)c3=O)CC2)C1=O. The molecule has 4 amide bonds. The van der Waals surface area contributed by atoms with Crippen molar-refractivity contribution in [2.45, 2.75) is 97.4 Å². The Morgan fingerprint density at radius 3 is 2.33 bits per heavy atom. The number of hydrogen-bond acceptors (Lipinski definition) is 9. The van der Waals surface area contributed by atoms with Crippen molar-refractivity contribution in [3.8, 4) is 0 Å². The molecule has 0 unspecified atom stereocenters. The molecule has 0 spiro atoms. The second kappa shape index (κ2) is 12.7. The molecule has 3 rings (SSSR count). The number of amides is 4. The van der Waals surface area contributed by atoms with E-state index in [2.05, 4.69) is 24.7 Å². The maximum atomic E-state index is 13.3. The van der Waals surface area contributed by atoms with Gasteiger partial charge in [-0.3, -0.25) is 24.0 Å². The maximum absolute atomic E-state index is 13.3. The Morgan fingerprint density at radius 1 is 1.12 bits per heavy atom. The number of carbonyl (C=O) groups is 3. The monoisotopic (exact) mass is 579 g/mol. The summed E-state index contributed by atoms with van der Waals surface area (Å²) < 4.78 is 8.56. The predicted molar refractivity (Wildman–Crippen MR) is 151 cm³/mol. The fraction of sp³-hybridized carbons (Fsp3) is 0.731. The molecule has 1 aliphatic heterocycles. The fourth-order valence-corrected chi connectivity index (χ4v) is 6.01. The number of aliphatic hydroxyl groups is 1. The van der Waals surface area contributed by atoms with E-state index < -0.39 is 43.2 Å². The number of ether oxygens (including phenoxy) is 1. The highest BCUT2D eigenvalue weighted by Crippen LogP contribution is 2.40. The quantitative estimate of drug-likeness (QED) is 0.142. The number of barbiturate groups is 1. The number of urea groups is 1. The van der Waals surface area contributed by atoms with Gasteiger partial charge in [0.15, 0.2) is 0 Å². The molecule has 2 aliphatic rings. The summed E-state index contributed by atoms with van der Waals surface area (Å²) in [7, 11) is -1.25. The van der Waals surface area contributed by atoms with E-state index in [9.17, 15) is 24.3 Å². The van der Waals surface area contributed by atoms with Crippen LogP contribution in [0.4, 0.5) is 4.79 Å². The zero-order chi connectivity index (χ0) is 29.8. The molecule has 5 N–H and O–H groups in total. The molecule has 0 bridgehead atoms. The van der Waals surface area contributed by atoms with Crippen LogP contribution in [0.2, 0.25) is 25.7 Å². The smallest absolute Gasteiger partial charge is 0.348 e. The van der Waals surface area contributed by atoms with Gasteiger partial charge in [-0.15, -0.1) is 0 Å². The molecule has 1 saturated carbocycles. The van der Waals surface area contributed by atoms with E-state index in [1.54, 1.807) is 11.5 Å². The third-order valence-electron chi connectivity index (χ3n) is 7.88. The number of hydrogen-bond donors (Lipinski definition) is 3. The molecular formula is C26H45N7O6Si. The Hall–Kier alpha value is -2.97. The molecular weight excluding hydrogens is 534 g/mol. The van der Waals surface area contributed by atoms with Crippen LogP contribution in [0.15, 0.2) is 16.2 Å². The normalized spacial score (nSPS) is 22.4. The number of nitrogens with zero attached hydrogens (tertiary/aromatic N) is 5. The van der Waals surface area contributed by atoms with Gasteiger partial charge in [0.2, 0.25) is 0 Å². The van der Waals surface area contributed by atoms with Gasteiger partial charge in [-0.25, -0.2) is 9.59 Å². The second-order valence-corrected chi connectivity index (χ2v) is 17.9. The largest absolute Gasteiger partial charge is 0.396 e. The highest BCUT2D eigenvalue weighted by Gasteiger charge is 2.48. The van der Waals surface area contributed by atoms with Crippen molar-refractivity contribution in [2.24, 2.45) is 16.9 Å². The van der Waals surface area contributed by atoms with Crippen molar-refractivity contribution in [1.29, 1.82) is 0 Å². The molecule has 0 atom stereocenters. The van der Waals surface area contributed by atoms with Crippen LogP contribution < -0.4 is 17.2 Å². The second-order valence-electron chi connectivity index (χ2n) is 12.3. The number of imide groups is 2. The Bertz CT molecular complexity index is 1190. The lowest BCUT2D eigenvalue weighted by Crippen LogP contribution is -2.61. The van der Waals surface area contributed by atoms with Gasteiger partial charge in [0.1, 0.15) is 23.9 Å². The van der Waals surface area contributed by atoms with Gasteiger partial charge in [0.25, 0.3) is 11.8 Å². The molecule has 13 nitrogen and oxygen atoms in total. The van der Waals surface area contributed by atoms with Gasteiger partial charge >= 0.3 is 11.7 Å². The summed E-state index contributed by atoms with van der Waals surface area (Å²) in [6, 6.07) is -0.179. The molecule has 2 fully saturated rings. The summed E-state index contributed by atoms with van der Waals surface area (Å²) in [4.78, 5) is 54.6. The van der Waals surface area contributed by atoms with Crippen LogP contribution in [-0.4, -0.2) is 81.0 Å². The molecule has 0 aromatic carbocycles. The number of unbranched alkanes of at least 4 members (excludes halogenated alkanes) is 1. The third kappa shape index (κ3) is 6.84. The Labute approximate surface area is 236 Å². The van der Waals surface area contributed by atoms with Crippen molar-refractivity contribution in [2.75, 3.05) is 19.8 Å². The van der Waals surface area contributed by atoms with E-state index >= 15 is 0 Å². The van der Waals surface area contributed by atoms with Gasteiger partial charge in [-0.1, -0.05) is 33.0 Å². The van der Waals surface area contributed by atoms with Crippen molar-refractivity contribution in [3.05, 3.63) is 27.7 Å². The van der Waals surface area contributed by atoms with Crippen LogP contribution in [-0.2, 0) is 27.6 Å². The first-order valence-corrected chi connectivity index (χ1v) is 17.7. The number of aliphatic hydroxyl groups excluding tert-OH is 1. The zero-order valence-corrected chi connectivity index (χ0v) is 25.4. The van der Waals surface area contributed by atoms with Crippen LogP contribution >= 0.6 is 0 Å². The van der Waals surface area contributed by atoms with Gasteiger partial charge in [0, 0.05) is 39.2 Å². The van der Waals surface area contributed by atoms with Gasteiger partial charge < -0.3 is 21.3 Å². The van der Waals surface area contributed by atoms with Gasteiger partial charge in [0.05, 0.1) is 6.61 Å². The molecule has 1 aliphatic carbocycles. The Balaban J connectivity index is 1.73. The first-order chi connectivity index (χ1) is 18.7. The molecule has 1 aromatic heterocycles. The van der Waals surface area contributed by atoms with Gasteiger partial charge in [-0.2, -0.15) is 9.78 Å².